The summed E-state index contributed by atoms with van der Waals surface area (Å²) in [5, 5.41) is 19.2. The lowest BCUT2D eigenvalue weighted by molar-refractivity contribution is -0.387. The van der Waals surface area contributed by atoms with E-state index in [1.807, 2.05) is 0 Å². The summed E-state index contributed by atoms with van der Waals surface area (Å²) in [6, 6.07) is 4.47. The highest BCUT2D eigenvalue weighted by Crippen LogP contribution is 2.29. The Bertz CT molecular complexity index is 735. The summed E-state index contributed by atoms with van der Waals surface area (Å²) in [5.41, 5.74) is -0.0760. The number of nitrogens with two attached hydrogens (primary N) is 1. The summed E-state index contributed by atoms with van der Waals surface area (Å²) in [6.45, 7) is 2.94. The second-order valence-electron chi connectivity index (χ2n) is 6.08. The van der Waals surface area contributed by atoms with Gasteiger partial charge in [0.2, 0.25) is 10.0 Å². The van der Waals surface area contributed by atoms with Gasteiger partial charge in [-0.3, -0.25) is 15.0 Å². The van der Waals surface area contributed by atoms with Gasteiger partial charge in [-0.1, -0.05) is 0 Å². The molecule has 1 saturated carbocycles. The Kier molecular flexibility index (Phi) is 4.72. The van der Waals surface area contributed by atoms with Gasteiger partial charge in [0.05, 0.1) is 17.6 Å². The predicted molar refractivity (Wildman–Crippen MR) is 87.3 cm³/mol. The van der Waals surface area contributed by atoms with Crippen molar-refractivity contribution in [1.82, 2.24) is 4.90 Å². The van der Waals surface area contributed by atoms with Gasteiger partial charge in [-0.15, -0.1) is 0 Å². The molecular formula is C14H20N4O5S. The van der Waals surface area contributed by atoms with Crippen molar-refractivity contribution in [3.05, 3.63) is 28.3 Å². The van der Waals surface area contributed by atoms with Gasteiger partial charge >= 0.3 is 0 Å². The number of rotatable bonds is 6. The average molecular weight is 356 g/mol. The van der Waals surface area contributed by atoms with E-state index in [1.165, 1.54) is 25.0 Å². The minimum absolute atomic E-state index is 0.00340. The predicted octanol–water partition coefficient (Wildman–Crippen LogP) is 0.517. The number of nitrogens with zero attached hydrogens (tertiary/aromatic N) is 2. The molecule has 1 atom stereocenters. The normalized spacial score (nSPS) is 22.3. The molecule has 0 radical (unpaired) electrons. The Balaban J connectivity index is 1.66. The maximum atomic E-state index is 11.4. The summed E-state index contributed by atoms with van der Waals surface area (Å²) in [7, 11) is -4.14. The molecule has 1 aliphatic heterocycles. The fourth-order valence-electron chi connectivity index (χ4n) is 2.88. The number of nitrogens with one attached hydrogen (secondary N) is 1. The first-order valence-electron chi connectivity index (χ1n) is 7.75. The van der Waals surface area contributed by atoms with Gasteiger partial charge in [-0.25, -0.2) is 13.6 Å². The monoisotopic (exact) mass is 356 g/mol. The third kappa shape index (κ3) is 4.01. The highest BCUT2D eigenvalue weighted by Gasteiger charge is 2.33. The van der Waals surface area contributed by atoms with Crippen LogP contribution in [-0.2, 0) is 14.8 Å². The molecule has 1 aromatic carbocycles. The topological polar surface area (TPSA) is 128 Å². The number of primary sulfonamides is 1. The lowest BCUT2D eigenvalue weighted by Gasteiger charge is -2.33. The van der Waals surface area contributed by atoms with Crippen LogP contribution in [0, 0.1) is 10.1 Å². The molecule has 10 heteroatoms. The summed E-state index contributed by atoms with van der Waals surface area (Å²) in [4.78, 5) is 12.2. The third-order valence-electron chi connectivity index (χ3n) is 4.23. The molecule has 1 aromatic rings. The van der Waals surface area contributed by atoms with Gasteiger partial charge in [0.1, 0.15) is 0 Å². The second kappa shape index (κ2) is 6.63. The quantitative estimate of drug-likeness (QED) is 0.561. The van der Waals surface area contributed by atoms with Gasteiger partial charge in [0.15, 0.2) is 4.90 Å². The number of hydrogen-bond acceptors (Lipinski definition) is 7. The molecule has 0 amide bonds. The lowest BCUT2D eigenvalue weighted by atomic mass is 10.2. The zero-order valence-corrected chi connectivity index (χ0v) is 13.9. The van der Waals surface area contributed by atoms with Gasteiger partial charge in [-0.05, 0) is 25.0 Å². The number of sulfonamides is 1. The van der Waals surface area contributed by atoms with Crippen molar-refractivity contribution in [2.24, 2.45) is 5.14 Å². The molecule has 1 unspecified atom stereocenters. The minimum Gasteiger partial charge on any atom is -0.382 e. The van der Waals surface area contributed by atoms with Crippen LogP contribution in [0.1, 0.15) is 12.8 Å². The fraction of sp³-hybridized carbons (Fsp3) is 0.571. The Morgan fingerprint density at radius 1 is 1.42 bits per heavy atom. The highest BCUT2D eigenvalue weighted by molar-refractivity contribution is 7.89. The number of morpholine rings is 1. The highest BCUT2D eigenvalue weighted by atomic mass is 32.2. The Morgan fingerprint density at radius 2 is 2.17 bits per heavy atom. The molecule has 132 valence electrons. The van der Waals surface area contributed by atoms with Crippen LogP contribution < -0.4 is 10.5 Å². The van der Waals surface area contributed by atoms with Crippen LogP contribution in [-0.4, -0.2) is 56.6 Å². The molecular weight excluding hydrogens is 336 g/mol. The van der Waals surface area contributed by atoms with Gasteiger partial charge in [-0.2, -0.15) is 0 Å². The molecule has 1 saturated heterocycles. The van der Waals surface area contributed by atoms with Crippen molar-refractivity contribution in [2.75, 3.05) is 31.6 Å². The van der Waals surface area contributed by atoms with Crippen LogP contribution in [0.5, 0.6) is 0 Å². The summed E-state index contributed by atoms with van der Waals surface area (Å²) < 4.78 is 28.5. The van der Waals surface area contributed by atoms with E-state index in [-0.39, 0.29) is 6.10 Å². The maximum Gasteiger partial charge on any atom is 0.291 e. The molecule has 3 N–H and O–H groups in total. The summed E-state index contributed by atoms with van der Waals surface area (Å²) in [6.07, 6.45) is 2.47. The van der Waals surface area contributed by atoms with E-state index in [0.717, 1.165) is 19.2 Å². The van der Waals surface area contributed by atoms with Crippen LogP contribution in [0.15, 0.2) is 23.1 Å². The average Bonchev–Trinajstić information content (AvgIpc) is 3.37. The second-order valence-corrected chi connectivity index (χ2v) is 7.61. The first kappa shape index (κ1) is 17.1. The Labute approximate surface area is 140 Å². The number of hydrogen-bond donors (Lipinski definition) is 2. The van der Waals surface area contributed by atoms with Crippen molar-refractivity contribution < 1.29 is 18.1 Å². The van der Waals surface area contributed by atoms with E-state index >= 15 is 0 Å². The molecule has 0 bridgehead atoms. The molecule has 24 heavy (non-hydrogen) atoms. The van der Waals surface area contributed by atoms with Crippen molar-refractivity contribution in [1.29, 1.82) is 0 Å². The SMILES string of the molecule is NS(=O)(=O)c1ccc(NCC2CN(C3CC3)CCO2)cc1[N+](=O)[O-]. The number of nitro groups is 1. The zero-order chi connectivity index (χ0) is 17.3. The van der Waals surface area contributed by atoms with E-state index in [1.54, 1.807) is 0 Å². The van der Waals surface area contributed by atoms with Crippen molar-refractivity contribution >= 4 is 21.4 Å². The van der Waals surface area contributed by atoms with Crippen LogP contribution in [0.25, 0.3) is 0 Å². The largest absolute Gasteiger partial charge is 0.382 e. The van der Waals surface area contributed by atoms with Crippen LogP contribution in [0.4, 0.5) is 11.4 Å². The van der Waals surface area contributed by atoms with Crippen molar-refractivity contribution in [3.63, 3.8) is 0 Å². The van der Waals surface area contributed by atoms with E-state index in [2.05, 4.69) is 10.2 Å². The number of ether oxygens (including phenoxy) is 1. The van der Waals surface area contributed by atoms with Gasteiger partial charge < -0.3 is 10.1 Å². The first-order chi connectivity index (χ1) is 11.3. The standard InChI is InChI=1S/C14H20N4O5S/c15-24(21,22)14-4-1-10(7-13(14)18(19)20)16-8-12-9-17(5-6-23-12)11-2-3-11/h1,4,7,11-12,16H,2-3,5-6,8-9H2,(H2,15,21,22). The van der Waals surface area contributed by atoms with Crippen LogP contribution in [0.2, 0.25) is 0 Å². The fourth-order valence-corrected chi connectivity index (χ4v) is 3.56. The molecule has 2 aliphatic rings. The smallest absolute Gasteiger partial charge is 0.291 e. The molecule has 2 fully saturated rings. The number of anilines is 1. The van der Waals surface area contributed by atoms with Crippen molar-refractivity contribution in [3.8, 4) is 0 Å². The molecule has 3 rings (SSSR count). The van der Waals surface area contributed by atoms with Gasteiger partial charge in [0.25, 0.3) is 5.69 Å². The third-order valence-corrected chi connectivity index (χ3v) is 5.19. The lowest BCUT2D eigenvalue weighted by Crippen LogP contribution is -2.46. The van der Waals surface area contributed by atoms with Crippen LogP contribution >= 0.6 is 0 Å². The summed E-state index contributed by atoms with van der Waals surface area (Å²) in [5.74, 6) is 0. The van der Waals surface area contributed by atoms with E-state index in [4.69, 9.17) is 9.88 Å². The summed E-state index contributed by atoms with van der Waals surface area (Å²) >= 11 is 0. The molecule has 0 aromatic heterocycles. The molecule has 0 spiro atoms. The first-order valence-corrected chi connectivity index (χ1v) is 9.30. The Morgan fingerprint density at radius 3 is 2.79 bits per heavy atom. The minimum atomic E-state index is -4.14. The van der Waals surface area contributed by atoms with E-state index in [9.17, 15) is 18.5 Å². The van der Waals surface area contributed by atoms with Crippen molar-refractivity contribution in [2.45, 2.75) is 29.9 Å². The molecule has 1 heterocycles. The molecule has 9 nitrogen and oxygen atoms in total. The number of benzene rings is 1. The van der Waals surface area contributed by atoms with Crippen LogP contribution in [0.3, 0.4) is 0 Å². The van der Waals surface area contributed by atoms with E-state index in [0.29, 0.717) is 24.9 Å². The Hall–Kier alpha value is -1.75. The molecule has 1 aliphatic carbocycles. The zero-order valence-electron chi connectivity index (χ0n) is 13.1. The number of nitro benzene ring substituents is 1. The van der Waals surface area contributed by atoms with E-state index < -0.39 is 25.5 Å². The maximum absolute atomic E-state index is 11.4. The van der Waals surface area contributed by atoms with Gasteiger partial charge in [0, 0.05) is 37.4 Å².